The molecule has 0 N–H and O–H groups in total. The van der Waals surface area contributed by atoms with Gasteiger partial charge < -0.3 is 0 Å². The molecule has 1 saturated heterocycles. The van der Waals surface area contributed by atoms with E-state index in [4.69, 9.17) is 11.6 Å². The van der Waals surface area contributed by atoms with Gasteiger partial charge in [-0.2, -0.15) is 0 Å². The van der Waals surface area contributed by atoms with Gasteiger partial charge in [-0.1, -0.05) is 29.8 Å². The number of benzene rings is 1. The maximum atomic E-state index is 12.9. The topological polar surface area (TPSA) is 6.48 Å². The number of rotatable bonds is 4. The molecule has 1 fully saturated rings. The van der Waals surface area contributed by atoms with Gasteiger partial charge in [-0.05, 0) is 37.2 Å². The van der Waals surface area contributed by atoms with E-state index in [-0.39, 0.29) is 5.82 Å². The summed E-state index contributed by atoms with van der Waals surface area (Å²) >= 11 is 5.56. The summed E-state index contributed by atoms with van der Waals surface area (Å²) in [6.45, 7) is 6.14. The van der Waals surface area contributed by atoms with Crippen LogP contribution < -0.4 is 0 Å². The quantitative estimate of drug-likeness (QED) is 0.837. The molecule has 104 valence electrons. The van der Waals surface area contributed by atoms with E-state index in [1.807, 2.05) is 18.2 Å². The molecule has 0 bridgehead atoms. The number of nitrogens with zero attached hydrogens (tertiary/aromatic N) is 2. The van der Waals surface area contributed by atoms with Crippen LogP contribution in [-0.4, -0.2) is 42.5 Å². The Kier molecular flexibility index (Phi) is 5.83. The van der Waals surface area contributed by atoms with Crippen LogP contribution in [0, 0.1) is 5.82 Å². The van der Waals surface area contributed by atoms with Crippen LogP contribution >= 0.6 is 11.6 Å². The van der Waals surface area contributed by atoms with Crippen molar-refractivity contribution in [3.05, 3.63) is 47.3 Å². The number of halogens is 2. The van der Waals surface area contributed by atoms with Crippen molar-refractivity contribution in [3.63, 3.8) is 0 Å². The molecular formula is C15H20ClFN2. The molecule has 0 spiro atoms. The van der Waals surface area contributed by atoms with Crippen LogP contribution in [0.25, 0.3) is 0 Å². The second kappa shape index (κ2) is 7.63. The molecule has 0 aliphatic carbocycles. The van der Waals surface area contributed by atoms with Crippen molar-refractivity contribution in [1.29, 1.82) is 0 Å². The molecule has 1 heterocycles. The lowest BCUT2D eigenvalue weighted by Crippen LogP contribution is -2.30. The van der Waals surface area contributed by atoms with Crippen LogP contribution in [-0.2, 0) is 6.54 Å². The molecule has 1 aliphatic rings. The Morgan fingerprint density at radius 2 is 1.74 bits per heavy atom. The van der Waals surface area contributed by atoms with Gasteiger partial charge in [0.25, 0.3) is 0 Å². The minimum atomic E-state index is -0.168. The molecule has 2 rings (SSSR count). The molecule has 19 heavy (non-hydrogen) atoms. The molecule has 1 aliphatic heterocycles. The molecule has 0 radical (unpaired) electrons. The fourth-order valence-corrected chi connectivity index (χ4v) is 2.48. The van der Waals surface area contributed by atoms with Crippen molar-refractivity contribution in [2.24, 2.45) is 0 Å². The zero-order valence-corrected chi connectivity index (χ0v) is 11.8. The van der Waals surface area contributed by atoms with Crippen molar-refractivity contribution in [1.82, 2.24) is 9.80 Å². The van der Waals surface area contributed by atoms with Gasteiger partial charge in [0.1, 0.15) is 5.82 Å². The van der Waals surface area contributed by atoms with E-state index in [2.05, 4.69) is 9.80 Å². The first-order valence-electron chi connectivity index (χ1n) is 6.72. The number of hydrogen-bond acceptors (Lipinski definition) is 2. The molecule has 0 amide bonds. The molecule has 0 aromatic heterocycles. The summed E-state index contributed by atoms with van der Waals surface area (Å²) in [4.78, 5) is 4.83. The van der Waals surface area contributed by atoms with Gasteiger partial charge in [-0.3, -0.25) is 9.80 Å². The second-order valence-corrected chi connectivity index (χ2v) is 5.17. The van der Waals surface area contributed by atoms with Crippen LogP contribution in [0.1, 0.15) is 12.0 Å². The lowest BCUT2D eigenvalue weighted by atomic mass is 10.2. The maximum Gasteiger partial charge on any atom is 0.123 e. The predicted octanol–water partition coefficient (Wildman–Crippen LogP) is 3.09. The third-order valence-corrected chi connectivity index (χ3v) is 3.63. The highest BCUT2D eigenvalue weighted by molar-refractivity contribution is 6.25. The van der Waals surface area contributed by atoms with Crippen LogP contribution in [0.2, 0.25) is 0 Å². The van der Waals surface area contributed by atoms with Crippen LogP contribution in [0.5, 0.6) is 0 Å². The Balaban J connectivity index is 1.83. The third kappa shape index (κ3) is 4.94. The van der Waals surface area contributed by atoms with Crippen molar-refractivity contribution >= 4 is 11.6 Å². The summed E-state index contributed by atoms with van der Waals surface area (Å²) < 4.78 is 12.9. The van der Waals surface area contributed by atoms with E-state index in [1.165, 1.54) is 17.7 Å². The first kappa shape index (κ1) is 14.5. The Morgan fingerprint density at radius 1 is 1.05 bits per heavy atom. The Hall–Kier alpha value is -0.900. The maximum absolute atomic E-state index is 12.9. The van der Waals surface area contributed by atoms with Gasteiger partial charge in [-0.15, -0.1) is 0 Å². The monoisotopic (exact) mass is 282 g/mol. The summed E-state index contributed by atoms with van der Waals surface area (Å²) in [5.41, 5.74) is 2.76. The normalized spacial score (nSPS) is 18.8. The SMILES string of the molecule is Fc1ccc(CN2CCCN(C/C=C/Cl)CC2)cc1. The van der Waals surface area contributed by atoms with Crippen LogP contribution in [0.4, 0.5) is 4.39 Å². The Morgan fingerprint density at radius 3 is 2.47 bits per heavy atom. The van der Waals surface area contributed by atoms with Gasteiger partial charge in [0.2, 0.25) is 0 Å². The second-order valence-electron chi connectivity index (χ2n) is 4.92. The molecule has 1 aromatic carbocycles. The standard InChI is InChI=1S/C15H20ClFN2/c16-7-1-8-18-9-2-10-19(12-11-18)13-14-3-5-15(17)6-4-14/h1,3-7H,2,8-13H2/b7-1+. The van der Waals surface area contributed by atoms with Crippen molar-refractivity contribution in [2.45, 2.75) is 13.0 Å². The van der Waals surface area contributed by atoms with Gasteiger partial charge in [-0.25, -0.2) is 4.39 Å². The lowest BCUT2D eigenvalue weighted by molar-refractivity contribution is 0.262. The van der Waals surface area contributed by atoms with Crippen LogP contribution in [0.15, 0.2) is 35.9 Å². The van der Waals surface area contributed by atoms with Gasteiger partial charge in [0.15, 0.2) is 0 Å². The molecule has 0 unspecified atom stereocenters. The van der Waals surface area contributed by atoms with Crippen molar-refractivity contribution < 1.29 is 4.39 Å². The Bertz CT molecular complexity index is 405. The largest absolute Gasteiger partial charge is 0.298 e. The predicted molar refractivity (Wildman–Crippen MR) is 77.7 cm³/mol. The zero-order chi connectivity index (χ0) is 13.5. The van der Waals surface area contributed by atoms with E-state index in [9.17, 15) is 4.39 Å². The zero-order valence-electron chi connectivity index (χ0n) is 11.1. The highest BCUT2D eigenvalue weighted by Crippen LogP contribution is 2.10. The van der Waals surface area contributed by atoms with Crippen LogP contribution in [0.3, 0.4) is 0 Å². The molecular weight excluding hydrogens is 263 g/mol. The smallest absolute Gasteiger partial charge is 0.123 e. The summed E-state index contributed by atoms with van der Waals surface area (Å²) in [6.07, 6.45) is 3.15. The summed E-state index contributed by atoms with van der Waals surface area (Å²) in [5.74, 6) is -0.168. The summed E-state index contributed by atoms with van der Waals surface area (Å²) in [6, 6.07) is 6.80. The summed E-state index contributed by atoms with van der Waals surface area (Å²) in [7, 11) is 0. The Labute approximate surface area is 119 Å². The van der Waals surface area contributed by atoms with Gasteiger partial charge in [0.05, 0.1) is 0 Å². The fourth-order valence-electron chi connectivity index (χ4n) is 2.40. The molecule has 0 saturated carbocycles. The minimum absolute atomic E-state index is 0.168. The molecule has 4 heteroatoms. The van der Waals surface area contributed by atoms with Gasteiger partial charge in [0, 0.05) is 31.7 Å². The van der Waals surface area contributed by atoms with E-state index in [0.29, 0.717) is 0 Å². The average molecular weight is 283 g/mol. The molecule has 1 aromatic rings. The first-order chi connectivity index (χ1) is 9.28. The van der Waals surface area contributed by atoms with E-state index in [0.717, 1.165) is 45.7 Å². The highest BCUT2D eigenvalue weighted by Gasteiger charge is 2.13. The summed E-state index contributed by atoms with van der Waals surface area (Å²) in [5, 5.41) is 0. The molecule has 0 atom stereocenters. The van der Waals surface area contributed by atoms with Crippen molar-refractivity contribution in [2.75, 3.05) is 32.7 Å². The van der Waals surface area contributed by atoms with Crippen molar-refractivity contribution in [3.8, 4) is 0 Å². The first-order valence-corrected chi connectivity index (χ1v) is 7.16. The average Bonchev–Trinajstić information content (AvgIpc) is 2.64. The van der Waals surface area contributed by atoms with Gasteiger partial charge >= 0.3 is 0 Å². The minimum Gasteiger partial charge on any atom is -0.298 e. The number of hydrogen-bond donors (Lipinski definition) is 0. The van der Waals surface area contributed by atoms with E-state index in [1.54, 1.807) is 5.54 Å². The van der Waals surface area contributed by atoms with E-state index >= 15 is 0 Å². The van der Waals surface area contributed by atoms with E-state index < -0.39 is 0 Å². The third-order valence-electron chi connectivity index (χ3n) is 3.45. The lowest BCUT2D eigenvalue weighted by Gasteiger charge is -2.21. The fraction of sp³-hybridized carbons (Fsp3) is 0.467. The highest BCUT2D eigenvalue weighted by atomic mass is 35.5. The molecule has 2 nitrogen and oxygen atoms in total.